The smallest absolute Gasteiger partial charge is 0.264 e. The minimum atomic E-state index is -0.510. The van der Waals surface area contributed by atoms with E-state index < -0.39 is 5.41 Å². The van der Waals surface area contributed by atoms with Gasteiger partial charge in [0.1, 0.15) is 0 Å². The lowest BCUT2D eigenvalue weighted by Crippen LogP contribution is -2.50. The largest absolute Gasteiger partial charge is 0.335 e. The quantitative estimate of drug-likeness (QED) is 0.835. The van der Waals surface area contributed by atoms with Crippen LogP contribution in [0.25, 0.3) is 0 Å². The third-order valence-corrected chi connectivity index (χ3v) is 5.84. The Morgan fingerprint density at radius 2 is 1.55 bits per heavy atom. The van der Waals surface area contributed by atoms with Crippen molar-refractivity contribution in [3.63, 3.8) is 0 Å². The minimum absolute atomic E-state index is 0.0297. The van der Waals surface area contributed by atoms with Crippen LogP contribution >= 0.6 is 11.3 Å². The fourth-order valence-electron chi connectivity index (χ4n) is 3.05. The molecule has 2 aromatic rings. The van der Waals surface area contributed by atoms with Crippen molar-refractivity contribution in [2.24, 2.45) is 5.41 Å². The molecule has 1 aromatic heterocycles. The van der Waals surface area contributed by atoms with Gasteiger partial charge in [-0.1, -0.05) is 26.8 Å². The van der Waals surface area contributed by atoms with E-state index in [4.69, 9.17) is 0 Å². The van der Waals surface area contributed by atoms with Crippen LogP contribution < -0.4 is 5.32 Å². The summed E-state index contributed by atoms with van der Waals surface area (Å²) in [5.41, 5.74) is 0.632. The Labute approximate surface area is 175 Å². The summed E-state index contributed by atoms with van der Waals surface area (Å²) in [6.45, 7) is 9.53. The molecule has 29 heavy (non-hydrogen) atoms. The highest BCUT2D eigenvalue weighted by molar-refractivity contribution is 7.13. The Bertz CT molecular complexity index is 921. The predicted octanol–water partition coefficient (Wildman–Crippen LogP) is 3.64. The van der Waals surface area contributed by atoms with Crippen LogP contribution in [0.5, 0.6) is 0 Å². The molecule has 1 aliphatic heterocycles. The van der Waals surface area contributed by atoms with E-state index in [0.717, 1.165) is 9.75 Å². The van der Waals surface area contributed by atoms with Crippen molar-refractivity contribution < 1.29 is 14.4 Å². The van der Waals surface area contributed by atoms with Crippen molar-refractivity contribution in [3.8, 4) is 0 Å². The van der Waals surface area contributed by atoms with Crippen LogP contribution in [0.3, 0.4) is 0 Å². The number of hydrogen-bond donors (Lipinski definition) is 1. The lowest BCUT2D eigenvalue weighted by atomic mass is 9.95. The molecule has 1 aliphatic rings. The van der Waals surface area contributed by atoms with Gasteiger partial charge in [-0.05, 0) is 37.3 Å². The Hall–Kier alpha value is -2.67. The van der Waals surface area contributed by atoms with Crippen molar-refractivity contribution in [2.75, 3.05) is 31.5 Å². The summed E-state index contributed by atoms with van der Waals surface area (Å²) in [6, 6.07) is 10.8. The molecule has 1 saturated heterocycles. The van der Waals surface area contributed by atoms with Gasteiger partial charge in [-0.3, -0.25) is 14.4 Å². The average molecular weight is 414 g/mol. The number of nitrogens with one attached hydrogen (secondary N) is 1. The summed E-state index contributed by atoms with van der Waals surface area (Å²) in [7, 11) is 0. The van der Waals surface area contributed by atoms with E-state index in [1.807, 2.05) is 39.8 Å². The van der Waals surface area contributed by atoms with E-state index in [-0.39, 0.29) is 17.7 Å². The zero-order valence-corrected chi connectivity index (χ0v) is 18.1. The Kier molecular flexibility index (Phi) is 6.07. The third kappa shape index (κ3) is 5.03. The molecule has 0 radical (unpaired) electrons. The molecule has 0 unspecified atom stereocenters. The number of anilines is 1. The fraction of sp³-hybridized carbons (Fsp3) is 0.409. The molecule has 3 amide bonds. The number of rotatable bonds is 3. The van der Waals surface area contributed by atoms with Crippen LogP contribution in [0.4, 0.5) is 5.69 Å². The number of nitrogens with zero attached hydrogens (tertiary/aromatic N) is 2. The number of amides is 3. The number of carbonyl (C=O) groups excluding carboxylic acids is 3. The van der Waals surface area contributed by atoms with Crippen LogP contribution in [0.2, 0.25) is 0 Å². The first-order chi connectivity index (χ1) is 13.6. The SMILES string of the molecule is Cc1ccc(C(=O)N2CCN(C(=O)c3cccc(NC(=O)C(C)(C)C)c3)CC2)s1. The lowest BCUT2D eigenvalue weighted by molar-refractivity contribution is -0.123. The lowest BCUT2D eigenvalue weighted by Gasteiger charge is -2.34. The van der Waals surface area contributed by atoms with Crippen LogP contribution in [0.15, 0.2) is 36.4 Å². The number of aryl methyl sites for hydroxylation is 1. The van der Waals surface area contributed by atoms with Crippen molar-refractivity contribution >= 4 is 34.7 Å². The van der Waals surface area contributed by atoms with Gasteiger partial charge in [-0.2, -0.15) is 0 Å². The molecular weight excluding hydrogens is 386 g/mol. The molecule has 0 atom stereocenters. The minimum Gasteiger partial charge on any atom is -0.335 e. The Balaban J connectivity index is 1.61. The van der Waals surface area contributed by atoms with Crippen LogP contribution in [-0.4, -0.2) is 53.7 Å². The second-order valence-corrected chi connectivity index (χ2v) is 9.57. The molecule has 1 aromatic carbocycles. The summed E-state index contributed by atoms with van der Waals surface area (Å²) in [5, 5.41) is 2.86. The predicted molar refractivity (Wildman–Crippen MR) is 115 cm³/mol. The highest BCUT2D eigenvalue weighted by Gasteiger charge is 2.26. The molecule has 154 valence electrons. The maximum Gasteiger partial charge on any atom is 0.264 e. The van der Waals surface area contributed by atoms with Gasteiger partial charge in [0, 0.05) is 47.7 Å². The van der Waals surface area contributed by atoms with E-state index in [9.17, 15) is 14.4 Å². The standard InChI is InChI=1S/C22H27N3O3S/c1-15-8-9-18(29-15)20(27)25-12-10-24(11-13-25)19(26)16-6-5-7-17(14-16)23-21(28)22(2,3)4/h5-9,14H,10-13H2,1-4H3,(H,23,28). The van der Waals surface area contributed by atoms with Crippen molar-refractivity contribution in [2.45, 2.75) is 27.7 Å². The van der Waals surface area contributed by atoms with Crippen LogP contribution in [0, 0.1) is 12.3 Å². The second-order valence-electron chi connectivity index (χ2n) is 8.28. The van der Waals surface area contributed by atoms with Crippen LogP contribution in [0.1, 0.15) is 45.7 Å². The van der Waals surface area contributed by atoms with Crippen molar-refractivity contribution in [1.29, 1.82) is 0 Å². The van der Waals surface area contributed by atoms with Gasteiger partial charge in [0.2, 0.25) is 5.91 Å². The second kappa shape index (κ2) is 8.37. The van der Waals surface area contributed by atoms with Gasteiger partial charge < -0.3 is 15.1 Å². The fourth-order valence-corrected chi connectivity index (χ4v) is 3.88. The monoisotopic (exact) mass is 413 g/mol. The topological polar surface area (TPSA) is 69.7 Å². The van der Waals surface area contributed by atoms with Crippen molar-refractivity contribution in [1.82, 2.24) is 9.80 Å². The third-order valence-electron chi connectivity index (χ3n) is 4.85. The molecular formula is C22H27N3O3S. The number of thiophene rings is 1. The van der Waals surface area contributed by atoms with Gasteiger partial charge >= 0.3 is 0 Å². The Morgan fingerprint density at radius 3 is 2.10 bits per heavy atom. The molecule has 3 rings (SSSR count). The van der Waals surface area contributed by atoms with Gasteiger partial charge in [-0.25, -0.2) is 0 Å². The first kappa shape index (κ1) is 21.0. The van der Waals surface area contributed by atoms with Gasteiger partial charge in [0.25, 0.3) is 11.8 Å². The number of piperazine rings is 1. The molecule has 6 nitrogen and oxygen atoms in total. The molecule has 0 spiro atoms. The molecule has 1 N–H and O–H groups in total. The van der Waals surface area contributed by atoms with Gasteiger partial charge in [-0.15, -0.1) is 11.3 Å². The number of carbonyl (C=O) groups is 3. The molecule has 7 heteroatoms. The van der Waals surface area contributed by atoms with E-state index in [2.05, 4.69) is 5.32 Å². The molecule has 0 saturated carbocycles. The first-order valence-electron chi connectivity index (χ1n) is 9.71. The summed E-state index contributed by atoms with van der Waals surface area (Å²) >= 11 is 1.50. The van der Waals surface area contributed by atoms with Crippen molar-refractivity contribution in [3.05, 3.63) is 51.7 Å². The Morgan fingerprint density at radius 1 is 0.931 bits per heavy atom. The summed E-state index contributed by atoms with van der Waals surface area (Å²) in [4.78, 5) is 43.1. The zero-order chi connectivity index (χ0) is 21.2. The summed E-state index contributed by atoms with van der Waals surface area (Å²) < 4.78 is 0. The molecule has 0 bridgehead atoms. The van der Waals surface area contributed by atoms with Crippen LogP contribution in [-0.2, 0) is 4.79 Å². The highest BCUT2D eigenvalue weighted by Crippen LogP contribution is 2.21. The van der Waals surface area contributed by atoms with E-state index in [1.165, 1.54) is 11.3 Å². The summed E-state index contributed by atoms with van der Waals surface area (Å²) in [6.07, 6.45) is 0. The van der Waals surface area contributed by atoms with E-state index in [1.54, 1.807) is 34.1 Å². The van der Waals surface area contributed by atoms with Gasteiger partial charge in [0.05, 0.1) is 4.88 Å². The number of hydrogen-bond acceptors (Lipinski definition) is 4. The van der Waals surface area contributed by atoms with E-state index >= 15 is 0 Å². The molecule has 1 fully saturated rings. The maximum atomic E-state index is 12.9. The zero-order valence-electron chi connectivity index (χ0n) is 17.3. The molecule has 0 aliphatic carbocycles. The summed E-state index contributed by atoms with van der Waals surface area (Å²) in [5.74, 6) is -0.156. The van der Waals surface area contributed by atoms with Gasteiger partial charge in [0.15, 0.2) is 0 Å². The normalized spacial score (nSPS) is 14.6. The maximum absolute atomic E-state index is 12.9. The average Bonchev–Trinajstić information content (AvgIpc) is 3.13. The molecule has 2 heterocycles. The number of benzene rings is 1. The van der Waals surface area contributed by atoms with E-state index in [0.29, 0.717) is 37.4 Å². The first-order valence-corrected chi connectivity index (χ1v) is 10.5. The highest BCUT2D eigenvalue weighted by atomic mass is 32.1.